The molecule has 3 heterocycles. The lowest BCUT2D eigenvalue weighted by Gasteiger charge is -2.37. The summed E-state index contributed by atoms with van der Waals surface area (Å²) in [6.45, 7) is 10.2. The van der Waals surface area contributed by atoms with Crippen molar-refractivity contribution >= 4 is 17.2 Å². The number of nitrogens with one attached hydrogen (secondary N) is 1. The highest BCUT2D eigenvalue weighted by Gasteiger charge is 2.20. The number of carbonyl (C=O) groups is 1. The van der Waals surface area contributed by atoms with Crippen LogP contribution >= 0.6 is 0 Å². The smallest absolute Gasteiger partial charge is 0.256 e. The van der Waals surface area contributed by atoms with Crippen molar-refractivity contribution in [2.75, 3.05) is 44.2 Å². The van der Waals surface area contributed by atoms with Gasteiger partial charge in [-0.2, -0.15) is 5.10 Å². The summed E-state index contributed by atoms with van der Waals surface area (Å²) in [4.78, 5) is 22.3. The first-order valence-electron chi connectivity index (χ1n) is 12.3. The summed E-state index contributed by atoms with van der Waals surface area (Å²) in [6, 6.07) is 6.69. The Labute approximate surface area is 195 Å². The molecule has 1 aliphatic carbocycles. The second kappa shape index (κ2) is 9.51. The number of carbonyl (C=O) groups excluding carboxylic acids is 1. The predicted molar refractivity (Wildman–Crippen MR) is 131 cm³/mol. The van der Waals surface area contributed by atoms with Gasteiger partial charge < -0.3 is 10.2 Å². The minimum Gasteiger partial charge on any atom is -0.369 e. The minimum absolute atomic E-state index is 0.0759. The van der Waals surface area contributed by atoms with Crippen LogP contribution in [0.3, 0.4) is 0 Å². The maximum absolute atomic E-state index is 12.8. The van der Waals surface area contributed by atoms with E-state index in [1.165, 1.54) is 40.9 Å². The first kappa shape index (κ1) is 21.9. The molecule has 0 radical (unpaired) electrons. The van der Waals surface area contributed by atoms with E-state index in [2.05, 4.69) is 57.2 Å². The Balaban J connectivity index is 1.10. The summed E-state index contributed by atoms with van der Waals surface area (Å²) in [6.07, 6.45) is 8.98. The highest BCUT2D eigenvalue weighted by Crippen LogP contribution is 2.23. The SMILES string of the molecule is Cc1ccc(C)c(N2CCN(CCCNC(=O)c3cnn4c5c(cnc34)CCCC5)CC2)c1. The zero-order chi connectivity index (χ0) is 22.8. The van der Waals surface area contributed by atoms with Crippen LogP contribution in [0.15, 0.2) is 30.6 Å². The average molecular weight is 447 g/mol. The van der Waals surface area contributed by atoms with E-state index in [1.54, 1.807) is 6.20 Å². The van der Waals surface area contributed by atoms with Crippen LogP contribution in [0.1, 0.15) is 52.0 Å². The molecule has 0 atom stereocenters. The van der Waals surface area contributed by atoms with Crippen LogP contribution in [-0.4, -0.2) is 64.7 Å². The third-order valence-electron chi connectivity index (χ3n) is 7.08. The lowest BCUT2D eigenvalue weighted by Crippen LogP contribution is -2.47. The zero-order valence-electron chi connectivity index (χ0n) is 19.8. The second-order valence-electron chi connectivity index (χ2n) is 9.46. The van der Waals surface area contributed by atoms with Gasteiger partial charge in [0.15, 0.2) is 5.65 Å². The van der Waals surface area contributed by atoms with E-state index in [1.807, 2.05) is 10.7 Å². The summed E-state index contributed by atoms with van der Waals surface area (Å²) in [5, 5.41) is 7.55. The highest BCUT2D eigenvalue weighted by molar-refractivity contribution is 5.99. The largest absolute Gasteiger partial charge is 0.369 e. The van der Waals surface area contributed by atoms with Crippen LogP contribution < -0.4 is 10.2 Å². The van der Waals surface area contributed by atoms with Gasteiger partial charge in [-0.05, 0) is 75.3 Å². The fraction of sp³-hybridized carbons (Fsp3) is 0.500. The quantitative estimate of drug-likeness (QED) is 0.589. The van der Waals surface area contributed by atoms with Crippen LogP contribution in [0.5, 0.6) is 0 Å². The van der Waals surface area contributed by atoms with Crippen molar-refractivity contribution in [3.63, 3.8) is 0 Å². The van der Waals surface area contributed by atoms with E-state index in [4.69, 9.17) is 0 Å². The van der Waals surface area contributed by atoms with Gasteiger partial charge in [0.25, 0.3) is 5.91 Å². The third kappa shape index (κ3) is 4.60. The number of aryl methyl sites for hydroxylation is 4. The van der Waals surface area contributed by atoms with Gasteiger partial charge in [-0.25, -0.2) is 9.50 Å². The summed E-state index contributed by atoms with van der Waals surface area (Å²) in [5.41, 5.74) is 7.76. The van der Waals surface area contributed by atoms with Gasteiger partial charge in [0, 0.05) is 50.3 Å². The fourth-order valence-corrected chi connectivity index (χ4v) is 5.13. The first-order chi connectivity index (χ1) is 16.1. The number of hydrogen-bond donors (Lipinski definition) is 1. The molecule has 7 heteroatoms. The Morgan fingerprint density at radius 2 is 1.88 bits per heavy atom. The number of piperazine rings is 1. The first-order valence-corrected chi connectivity index (χ1v) is 12.3. The molecule has 1 N–H and O–H groups in total. The molecule has 2 aromatic heterocycles. The van der Waals surface area contributed by atoms with Gasteiger partial charge in [0.2, 0.25) is 0 Å². The number of nitrogens with zero attached hydrogens (tertiary/aromatic N) is 5. The lowest BCUT2D eigenvalue weighted by atomic mass is 9.97. The molecule has 2 aliphatic rings. The lowest BCUT2D eigenvalue weighted by molar-refractivity contribution is 0.0953. The zero-order valence-corrected chi connectivity index (χ0v) is 19.8. The molecule has 1 aromatic carbocycles. The summed E-state index contributed by atoms with van der Waals surface area (Å²) >= 11 is 0. The molecule has 3 aromatic rings. The van der Waals surface area contributed by atoms with Crippen molar-refractivity contribution in [2.45, 2.75) is 46.0 Å². The van der Waals surface area contributed by atoms with Crippen LogP contribution in [0.4, 0.5) is 5.69 Å². The van der Waals surface area contributed by atoms with Crippen LogP contribution in [0.25, 0.3) is 5.65 Å². The summed E-state index contributed by atoms with van der Waals surface area (Å²) < 4.78 is 1.87. The molecule has 1 aliphatic heterocycles. The van der Waals surface area contributed by atoms with Crippen molar-refractivity contribution in [1.29, 1.82) is 0 Å². The van der Waals surface area contributed by atoms with Crippen molar-refractivity contribution in [3.05, 3.63) is 58.5 Å². The Kier molecular flexibility index (Phi) is 6.31. The van der Waals surface area contributed by atoms with Gasteiger partial charge in [-0.15, -0.1) is 0 Å². The van der Waals surface area contributed by atoms with Crippen molar-refractivity contribution in [2.24, 2.45) is 0 Å². The number of rotatable bonds is 6. The normalized spacial score (nSPS) is 16.7. The molecule has 1 fully saturated rings. The van der Waals surface area contributed by atoms with E-state index >= 15 is 0 Å². The van der Waals surface area contributed by atoms with E-state index < -0.39 is 0 Å². The van der Waals surface area contributed by atoms with Gasteiger partial charge in [0.1, 0.15) is 5.56 Å². The van der Waals surface area contributed by atoms with Crippen LogP contribution in [0.2, 0.25) is 0 Å². The Morgan fingerprint density at radius 3 is 2.73 bits per heavy atom. The molecular weight excluding hydrogens is 412 g/mol. The molecule has 1 saturated heterocycles. The van der Waals surface area contributed by atoms with Gasteiger partial charge in [-0.3, -0.25) is 9.69 Å². The molecule has 174 valence electrons. The Hall–Kier alpha value is -2.93. The van der Waals surface area contributed by atoms with E-state index in [0.29, 0.717) is 17.8 Å². The Morgan fingerprint density at radius 1 is 1.06 bits per heavy atom. The molecule has 0 bridgehead atoms. The number of benzene rings is 1. The molecule has 33 heavy (non-hydrogen) atoms. The number of amides is 1. The monoisotopic (exact) mass is 446 g/mol. The average Bonchev–Trinajstić information content (AvgIpc) is 3.28. The van der Waals surface area contributed by atoms with E-state index in [0.717, 1.165) is 52.0 Å². The van der Waals surface area contributed by atoms with E-state index in [-0.39, 0.29) is 5.91 Å². The minimum atomic E-state index is -0.0759. The molecular formula is C26H34N6O. The topological polar surface area (TPSA) is 65.8 Å². The number of hydrogen-bond acceptors (Lipinski definition) is 5. The molecule has 1 amide bonds. The van der Waals surface area contributed by atoms with Crippen LogP contribution in [-0.2, 0) is 12.8 Å². The molecule has 7 nitrogen and oxygen atoms in total. The number of aromatic nitrogens is 3. The van der Waals surface area contributed by atoms with Gasteiger partial charge >= 0.3 is 0 Å². The molecule has 0 saturated carbocycles. The van der Waals surface area contributed by atoms with Crippen molar-refractivity contribution < 1.29 is 4.79 Å². The standard InChI is InChI=1S/C26H34N6O/c1-19-8-9-20(2)24(16-19)31-14-12-30(13-15-31)11-5-10-27-26(33)22-18-29-32-23-7-4-3-6-21(23)17-28-25(22)32/h8-9,16-18H,3-7,10-15H2,1-2H3,(H,27,33). The highest BCUT2D eigenvalue weighted by atomic mass is 16.1. The Bertz CT molecular complexity index is 1150. The molecule has 5 rings (SSSR count). The van der Waals surface area contributed by atoms with Gasteiger partial charge in [-0.1, -0.05) is 12.1 Å². The summed E-state index contributed by atoms with van der Waals surface area (Å²) in [5.74, 6) is -0.0759. The fourth-order valence-electron chi connectivity index (χ4n) is 5.13. The maximum atomic E-state index is 12.8. The van der Waals surface area contributed by atoms with E-state index in [9.17, 15) is 4.79 Å². The van der Waals surface area contributed by atoms with Crippen LogP contribution in [0, 0.1) is 13.8 Å². The number of anilines is 1. The third-order valence-corrected chi connectivity index (χ3v) is 7.08. The second-order valence-corrected chi connectivity index (χ2v) is 9.46. The maximum Gasteiger partial charge on any atom is 0.256 e. The number of fused-ring (bicyclic) bond motifs is 3. The van der Waals surface area contributed by atoms with Crippen molar-refractivity contribution in [1.82, 2.24) is 24.8 Å². The molecule has 0 unspecified atom stereocenters. The summed E-state index contributed by atoms with van der Waals surface area (Å²) in [7, 11) is 0. The van der Waals surface area contributed by atoms with Crippen molar-refractivity contribution in [3.8, 4) is 0 Å². The van der Waals surface area contributed by atoms with Gasteiger partial charge in [0.05, 0.1) is 6.20 Å². The molecule has 0 spiro atoms. The predicted octanol–water partition coefficient (Wildman–Crippen LogP) is 3.17.